The van der Waals surface area contributed by atoms with Gasteiger partial charge in [-0.2, -0.15) is 0 Å². The van der Waals surface area contributed by atoms with Crippen molar-refractivity contribution in [3.8, 4) is 17.2 Å². The highest BCUT2D eigenvalue weighted by Gasteiger charge is 2.13. The summed E-state index contributed by atoms with van der Waals surface area (Å²) >= 11 is 0. The fourth-order valence-electron chi connectivity index (χ4n) is 1.98. The van der Waals surface area contributed by atoms with Gasteiger partial charge >= 0.3 is 0 Å². The second kappa shape index (κ2) is 6.71. The maximum atomic E-state index is 12.3. The van der Waals surface area contributed by atoms with Crippen molar-refractivity contribution < 1.29 is 19.0 Å². The topological polar surface area (TPSA) is 82.8 Å². The lowest BCUT2D eigenvalue weighted by Crippen LogP contribution is -2.13. The van der Waals surface area contributed by atoms with Gasteiger partial charge in [0, 0.05) is 17.3 Å². The molecular formula is C16H18N2O4. The van der Waals surface area contributed by atoms with Crippen LogP contribution in [0, 0.1) is 0 Å². The van der Waals surface area contributed by atoms with E-state index in [-0.39, 0.29) is 5.91 Å². The summed E-state index contributed by atoms with van der Waals surface area (Å²) < 4.78 is 15.5. The predicted molar refractivity (Wildman–Crippen MR) is 84.9 cm³/mol. The fourth-order valence-corrected chi connectivity index (χ4v) is 1.98. The Morgan fingerprint density at radius 2 is 1.59 bits per heavy atom. The second-order valence-electron chi connectivity index (χ2n) is 4.48. The fraction of sp³-hybridized carbons (Fsp3) is 0.188. The van der Waals surface area contributed by atoms with Crippen LogP contribution in [0.5, 0.6) is 17.2 Å². The maximum Gasteiger partial charge on any atom is 0.255 e. The third-order valence-electron chi connectivity index (χ3n) is 3.12. The van der Waals surface area contributed by atoms with Crippen molar-refractivity contribution in [3.05, 3.63) is 42.0 Å². The number of hydrogen-bond donors (Lipinski definition) is 2. The molecule has 6 heteroatoms. The zero-order chi connectivity index (χ0) is 16.1. The number of nitrogens with two attached hydrogens (primary N) is 1. The van der Waals surface area contributed by atoms with E-state index >= 15 is 0 Å². The highest BCUT2D eigenvalue weighted by atomic mass is 16.5. The van der Waals surface area contributed by atoms with Crippen molar-refractivity contribution >= 4 is 17.3 Å². The number of hydrogen-bond acceptors (Lipinski definition) is 5. The molecule has 0 bridgehead atoms. The van der Waals surface area contributed by atoms with E-state index < -0.39 is 0 Å². The smallest absolute Gasteiger partial charge is 0.255 e. The van der Waals surface area contributed by atoms with Crippen LogP contribution in [0.4, 0.5) is 11.4 Å². The molecule has 0 aliphatic heterocycles. The van der Waals surface area contributed by atoms with Gasteiger partial charge in [0.2, 0.25) is 0 Å². The lowest BCUT2D eigenvalue weighted by atomic mass is 10.1. The number of nitrogens with one attached hydrogen (secondary N) is 1. The highest BCUT2D eigenvalue weighted by molar-refractivity contribution is 6.05. The van der Waals surface area contributed by atoms with Crippen molar-refractivity contribution in [2.45, 2.75) is 0 Å². The average molecular weight is 302 g/mol. The molecule has 3 N–H and O–H groups in total. The molecule has 1 amide bonds. The Morgan fingerprint density at radius 3 is 2.23 bits per heavy atom. The zero-order valence-corrected chi connectivity index (χ0v) is 12.7. The Hall–Kier alpha value is -2.89. The van der Waals surface area contributed by atoms with Crippen LogP contribution in [0.3, 0.4) is 0 Å². The number of rotatable bonds is 5. The molecule has 6 nitrogen and oxygen atoms in total. The molecule has 116 valence electrons. The molecule has 0 aliphatic carbocycles. The summed E-state index contributed by atoms with van der Waals surface area (Å²) in [7, 11) is 4.57. The minimum atomic E-state index is -0.288. The van der Waals surface area contributed by atoms with Crippen LogP contribution >= 0.6 is 0 Å². The number of carbonyl (C=O) groups excluding carboxylic acids is 1. The Labute approximate surface area is 128 Å². The van der Waals surface area contributed by atoms with Crippen molar-refractivity contribution in [2.24, 2.45) is 0 Å². The van der Waals surface area contributed by atoms with Crippen LogP contribution in [0.15, 0.2) is 36.4 Å². The first-order chi connectivity index (χ1) is 10.6. The molecule has 2 rings (SSSR count). The molecule has 0 aromatic heterocycles. The van der Waals surface area contributed by atoms with E-state index in [0.29, 0.717) is 34.2 Å². The summed E-state index contributed by atoms with van der Waals surface area (Å²) in [4.78, 5) is 12.3. The normalized spacial score (nSPS) is 9.95. The van der Waals surface area contributed by atoms with Crippen molar-refractivity contribution in [1.29, 1.82) is 0 Å². The van der Waals surface area contributed by atoms with E-state index in [1.807, 2.05) is 0 Å². The van der Waals surface area contributed by atoms with E-state index in [9.17, 15) is 4.79 Å². The minimum absolute atomic E-state index is 0.288. The van der Waals surface area contributed by atoms with Gasteiger partial charge in [0.25, 0.3) is 5.91 Å². The highest BCUT2D eigenvalue weighted by Crippen LogP contribution is 2.30. The summed E-state index contributed by atoms with van der Waals surface area (Å²) in [5.74, 6) is 1.25. The number of nitrogen functional groups attached to an aromatic ring is 1. The van der Waals surface area contributed by atoms with Gasteiger partial charge in [-0.1, -0.05) is 0 Å². The van der Waals surface area contributed by atoms with Gasteiger partial charge in [0.15, 0.2) is 11.5 Å². The second-order valence-corrected chi connectivity index (χ2v) is 4.48. The number of anilines is 2. The Bertz CT molecular complexity index is 686. The van der Waals surface area contributed by atoms with Gasteiger partial charge in [-0.25, -0.2) is 0 Å². The van der Waals surface area contributed by atoms with Gasteiger partial charge in [-0.15, -0.1) is 0 Å². The molecule has 0 saturated heterocycles. The molecule has 0 atom stereocenters. The standard InChI is InChI=1S/C16H18N2O4/c1-20-13-7-4-10(8-15(13)22-3)16(19)18-12-6-5-11(17)9-14(12)21-2/h4-9H,17H2,1-3H3,(H,18,19). The molecule has 0 heterocycles. The van der Waals surface area contributed by atoms with Gasteiger partial charge in [0.05, 0.1) is 27.0 Å². The first-order valence-electron chi connectivity index (χ1n) is 6.56. The van der Waals surface area contributed by atoms with Gasteiger partial charge < -0.3 is 25.3 Å². The van der Waals surface area contributed by atoms with E-state index in [1.165, 1.54) is 21.3 Å². The minimum Gasteiger partial charge on any atom is -0.494 e. The monoisotopic (exact) mass is 302 g/mol. The lowest BCUT2D eigenvalue weighted by molar-refractivity contribution is 0.102. The summed E-state index contributed by atoms with van der Waals surface area (Å²) in [6.07, 6.45) is 0. The van der Waals surface area contributed by atoms with Crippen LogP contribution in [0.2, 0.25) is 0 Å². The number of amides is 1. The summed E-state index contributed by atoms with van der Waals surface area (Å²) in [5, 5.41) is 2.78. The van der Waals surface area contributed by atoms with Crippen molar-refractivity contribution in [1.82, 2.24) is 0 Å². The molecule has 2 aromatic rings. The van der Waals surface area contributed by atoms with Gasteiger partial charge in [0.1, 0.15) is 5.75 Å². The molecule has 2 aromatic carbocycles. The molecule has 0 fully saturated rings. The van der Waals surface area contributed by atoms with Gasteiger partial charge in [-0.05, 0) is 30.3 Å². The first kappa shape index (κ1) is 15.5. The van der Waals surface area contributed by atoms with Gasteiger partial charge in [-0.3, -0.25) is 4.79 Å². The predicted octanol–water partition coefficient (Wildman–Crippen LogP) is 2.55. The lowest BCUT2D eigenvalue weighted by Gasteiger charge is -2.12. The van der Waals surface area contributed by atoms with Crippen molar-refractivity contribution in [3.63, 3.8) is 0 Å². The Balaban J connectivity index is 2.26. The molecular weight excluding hydrogens is 284 g/mol. The molecule has 0 unspecified atom stereocenters. The number of ether oxygens (including phenoxy) is 3. The first-order valence-corrected chi connectivity index (χ1v) is 6.56. The largest absolute Gasteiger partial charge is 0.494 e. The van der Waals surface area contributed by atoms with E-state index in [2.05, 4.69) is 5.32 Å². The third-order valence-corrected chi connectivity index (χ3v) is 3.12. The summed E-state index contributed by atoms with van der Waals surface area (Å²) in [6.45, 7) is 0. The van der Waals surface area contributed by atoms with Crippen LogP contribution in [0.25, 0.3) is 0 Å². The Morgan fingerprint density at radius 1 is 0.909 bits per heavy atom. The summed E-state index contributed by atoms with van der Waals surface area (Å²) in [5.41, 5.74) is 7.23. The van der Waals surface area contributed by atoms with Crippen LogP contribution in [-0.4, -0.2) is 27.2 Å². The number of benzene rings is 2. The van der Waals surface area contributed by atoms with Crippen LogP contribution in [0.1, 0.15) is 10.4 Å². The molecule has 0 saturated carbocycles. The third kappa shape index (κ3) is 3.22. The van der Waals surface area contributed by atoms with Crippen LogP contribution in [-0.2, 0) is 0 Å². The van der Waals surface area contributed by atoms with E-state index in [0.717, 1.165) is 0 Å². The molecule has 22 heavy (non-hydrogen) atoms. The summed E-state index contributed by atoms with van der Waals surface area (Å²) in [6, 6.07) is 9.95. The number of carbonyl (C=O) groups is 1. The Kier molecular flexibility index (Phi) is 4.73. The van der Waals surface area contributed by atoms with Crippen molar-refractivity contribution in [2.75, 3.05) is 32.4 Å². The average Bonchev–Trinajstić information content (AvgIpc) is 2.55. The molecule has 0 spiro atoms. The maximum absolute atomic E-state index is 12.3. The molecule has 0 radical (unpaired) electrons. The van der Waals surface area contributed by atoms with Crippen LogP contribution < -0.4 is 25.3 Å². The molecule has 0 aliphatic rings. The van der Waals surface area contributed by atoms with E-state index in [4.69, 9.17) is 19.9 Å². The quantitative estimate of drug-likeness (QED) is 0.829. The SMILES string of the molecule is COc1cc(N)ccc1NC(=O)c1ccc(OC)c(OC)c1. The zero-order valence-electron chi connectivity index (χ0n) is 12.7. The number of methoxy groups -OCH3 is 3. The van der Waals surface area contributed by atoms with E-state index in [1.54, 1.807) is 36.4 Å².